The Morgan fingerprint density at radius 3 is 2.78 bits per heavy atom. The zero-order valence-corrected chi connectivity index (χ0v) is 9.83. The van der Waals surface area contributed by atoms with Gasteiger partial charge in [0.05, 0.1) is 0 Å². The maximum absolute atomic E-state index is 4.44. The first-order valence-corrected chi connectivity index (χ1v) is 5.59. The molecule has 3 rings (SSSR count). The highest BCUT2D eigenvalue weighted by Crippen LogP contribution is 2.19. The van der Waals surface area contributed by atoms with Crippen molar-refractivity contribution in [2.24, 2.45) is 0 Å². The highest BCUT2D eigenvalue weighted by Gasteiger charge is 2.10. The zero-order valence-electron chi connectivity index (χ0n) is 9.83. The summed E-state index contributed by atoms with van der Waals surface area (Å²) in [4.78, 5) is 12.8. The van der Waals surface area contributed by atoms with Gasteiger partial charge in [0.2, 0.25) is 0 Å². The minimum absolute atomic E-state index is 0.628. The molecule has 0 amide bonds. The van der Waals surface area contributed by atoms with E-state index in [2.05, 4.69) is 25.1 Å². The fraction of sp³-hybridized carbons (Fsp3) is 0.0769. The highest BCUT2D eigenvalue weighted by atomic mass is 15.2. The van der Waals surface area contributed by atoms with Gasteiger partial charge >= 0.3 is 0 Å². The molecule has 3 aromatic heterocycles. The maximum atomic E-state index is 4.44. The first-order chi connectivity index (χ1) is 8.84. The summed E-state index contributed by atoms with van der Waals surface area (Å²) in [6, 6.07) is 7.68. The standard InChI is InChI=1S/C13H11N5/c1-9-4-2-7-15-11(9)13-16-12(17-18-13)10-5-3-6-14-8-10/h2-8H,1H3,(H,16,17,18). The molecule has 0 saturated heterocycles. The average molecular weight is 237 g/mol. The predicted octanol–water partition coefficient (Wildman–Crippen LogP) is 2.24. The number of pyridine rings is 2. The monoisotopic (exact) mass is 237 g/mol. The summed E-state index contributed by atoms with van der Waals surface area (Å²) in [5.41, 5.74) is 2.76. The number of nitrogens with zero attached hydrogens (tertiary/aromatic N) is 4. The van der Waals surface area contributed by atoms with Crippen LogP contribution in [0.15, 0.2) is 42.9 Å². The average Bonchev–Trinajstić information content (AvgIpc) is 2.90. The number of hydrogen-bond acceptors (Lipinski definition) is 4. The quantitative estimate of drug-likeness (QED) is 0.742. The Bertz CT molecular complexity index is 660. The lowest BCUT2D eigenvalue weighted by molar-refractivity contribution is 1.08. The van der Waals surface area contributed by atoms with Gasteiger partial charge in [0.15, 0.2) is 11.6 Å². The second-order valence-electron chi connectivity index (χ2n) is 3.92. The van der Waals surface area contributed by atoms with Crippen molar-refractivity contribution >= 4 is 0 Å². The van der Waals surface area contributed by atoms with Crippen molar-refractivity contribution in [3.8, 4) is 22.9 Å². The molecule has 0 fully saturated rings. The first-order valence-electron chi connectivity index (χ1n) is 5.59. The van der Waals surface area contributed by atoms with Crippen LogP contribution in [0.1, 0.15) is 5.56 Å². The van der Waals surface area contributed by atoms with Gasteiger partial charge in [-0.05, 0) is 30.7 Å². The molecule has 18 heavy (non-hydrogen) atoms. The van der Waals surface area contributed by atoms with Crippen molar-refractivity contribution in [3.05, 3.63) is 48.4 Å². The van der Waals surface area contributed by atoms with Gasteiger partial charge in [-0.15, -0.1) is 0 Å². The molecule has 0 unspecified atom stereocenters. The molecule has 5 heteroatoms. The molecule has 0 spiro atoms. The van der Waals surface area contributed by atoms with E-state index in [0.29, 0.717) is 11.6 Å². The predicted molar refractivity (Wildman–Crippen MR) is 67.6 cm³/mol. The van der Waals surface area contributed by atoms with Gasteiger partial charge in [-0.2, -0.15) is 5.10 Å². The van der Waals surface area contributed by atoms with Crippen molar-refractivity contribution in [2.75, 3.05) is 0 Å². The van der Waals surface area contributed by atoms with Crippen LogP contribution in [0.5, 0.6) is 0 Å². The minimum atomic E-state index is 0.628. The second-order valence-corrected chi connectivity index (χ2v) is 3.92. The first kappa shape index (κ1) is 10.6. The highest BCUT2D eigenvalue weighted by molar-refractivity contribution is 5.59. The molecule has 0 bridgehead atoms. The van der Waals surface area contributed by atoms with Crippen LogP contribution in [0.2, 0.25) is 0 Å². The molecule has 5 nitrogen and oxygen atoms in total. The van der Waals surface area contributed by atoms with E-state index in [-0.39, 0.29) is 0 Å². The Balaban J connectivity index is 2.03. The molecular formula is C13H11N5. The lowest BCUT2D eigenvalue weighted by atomic mass is 10.2. The largest absolute Gasteiger partial charge is 0.264 e. The molecule has 1 N–H and O–H groups in total. The maximum Gasteiger partial charge on any atom is 0.183 e. The lowest BCUT2D eigenvalue weighted by Gasteiger charge is -1.98. The van der Waals surface area contributed by atoms with Gasteiger partial charge in [0, 0.05) is 24.2 Å². The van der Waals surface area contributed by atoms with Gasteiger partial charge in [0.1, 0.15) is 5.69 Å². The molecule has 0 aliphatic rings. The molecule has 0 aromatic carbocycles. The van der Waals surface area contributed by atoms with E-state index in [9.17, 15) is 0 Å². The fourth-order valence-electron chi connectivity index (χ4n) is 1.73. The topological polar surface area (TPSA) is 67.3 Å². The third-order valence-corrected chi connectivity index (χ3v) is 2.64. The van der Waals surface area contributed by atoms with Crippen LogP contribution in [0.3, 0.4) is 0 Å². The van der Waals surface area contributed by atoms with Crippen molar-refractivity contribution in [1.82, 2.24) is 25.1 Å². The summed E-state index contributed by atoms with van der Waals surface area (Å²) in [5, 5.41) is 7.10. The Kier molecular flexibility index (Phi) is 2.57. The Hall–Kier alpha value is -2.56. The number of aromatic nitrogens is 5. The van der Waals surface area contributed by atoms with Crippen LogP contribution in [0.25, 0.3) is 22.9 Å². The van der Waals surface area contributed by atoms with Gasteiger partial charge < -0.3 is 0 Å². The number of H-pyrrole nitrogens is 1. The number of hydrogen-bond donors (Lipinski definition) is 1. The normalized spacial score (nSPS) is 10.5. The van der Waals surface area contributed by atoms with Crippen LogP contribution < -0.4 is 0 Å². The van der Waals surface area contributed by atoms with E-state index in [1.165, 1.54) is 0 Å². The second kappa shape index (κ2) is 4.37. The van der Waals surface area contributed by atoms with E-state index in [0.717, 1.165) is 16.8 Å². The van der Waals surface area contributed by atoms with Gasteiger partial charge in [-0.25, -0.2) is 4.98 Å². The fourth-order valence-corrected chi connectivity index (χ4v) is 1.73. The summed E-state index contributed by atoms with van der Waals surface area (Å²) in [6.45, 7) is 1.99. The molecule has 0 saturated carbocycles. The van der Waals surface area contributed by atoms with E-state index in [1.54, 1.807) is 18.6 Å². The SMILES string of the molecule is Cc1cccnc1-c1nc(-c2cccnc2)n[nH]1. The van der Waals surface area contributed by atoms with Gasteiger partial charge in [-0.3, -0.25) is 15.1 Å². The number of nitrogens with one attached hydrogen (secondary N) is 1. The minimum Gasteiger partial charge on any atom is -0.264 e. The van der Waals surface area contributed by atoms with Crippen molar-refractivity contribution in [3.63, 3.8) is 0 Å². The van der Waals surface area contributed by atoms with Crippen LogP contribution in [0, 0.1) is 6.92 Å². The molecule has 0 aliphatic heterocycles. The molecule has 88 valence electrons. The van der Waals surface area contributed by atoms with Crippen molar-refractivity contribution in [1.29, 1.82) is 0 Å². The summed E-state index contributed by atoms with van der Waals surface area (Å²) in [6.07, 6.45) is 5.20. The molecule has 0 atom stereocenters. The molecule has 0 radical (unpaired) electrons. The van der Waals surface area contributed by atoms with Crippen molar-refractivity contribution in [2.45, 2.75) is 6.92 Å². The third kappa shape index (κ3) is 1.86. The summed E-state index contributed by atoms with van der Waals surface area (Å²) >= 11 is 0. The zero-order chi connectivity index (χ0) is 12.4. The number of aryl methyl sites for hydroxylation is 1. The summed E-state index contributed by atoms with van der Waals surface area (Å²) in [7, 11) is 0. The number of rotatable bonds is 2. The Morgan fingerprint density at radius 2 is 2.00 bits per heavy atom. The van der Waals surface area contributed by atoms with Gasteiger partial charge in [0.25, 0.3) is 0 Å². The Morgan fingerprint density at radius 1 is 1.11 bits per heavy atom. The van der Waals surface area contributed by atoms with E-state index in [4.69, 9.17) is 0 Å². The molecular weight excluding hydrogens is 226 g/mol. The van der Waals surface area contributed by atoms with Crippen LogP contribution in [0.4, 0.5) is 0 Å². The smallest absolute Gasteiger partial charge is 0.183 e. The van der Waals surface area contributed by atoms with Crippen LogP contribution in [-0.4, -0.2) is 25.1 Å². The lowest BCUT2D eigenvalue weighted by Crippen LogP contribution is -1.89. The van der Waals surface area contributed by atoms with Crippen molar-refractivity contribution < 1.29 is 0 Å². The van der Waals surface area contributed by atoms with Gasteiger partial charge in [-0.1, -0.05) is 6.07 Å². The number of aromatic amines is 1. The molecule has 3 aromatic rings. The van der Waals surface area contributed by atoms with Crippen LogP contribution in [-0.2, 0) is 0 Å². The molecule has 3 heterocycles. The molecule has 0 aliphatic carbocycles. The Labute approximate surface area is 104 Å². The summed E-state index contributed by atoms with van der Waals surface area (Å²) < 4.78 is 0. The van der Waals surface area contributed by atoms with E-state index in [1.807, 2.05) is 31.2 Å². The van der Waals surface area contributed by atoms with Crippen LogP contribution >= 0.6 is 0 Å². The van der Waals surface area contributed by atoms with E-state index >= 15 is 0 Å². The third-order valence-electron chi connectivity index (χ3n) is 2.64. The summed E-state index contributed by atoms with van der Waals surface area (Å²) in [5.74, 6) is 1.30. The van der Waals surface area contributed by atoms with E-state index < -0.39 is 0 Å².